The third-order valence-electron chi connectivity index (χ3n) is 9.33. The Morgan fingerprint density at radius 3 is 2.38 bits per heavy atom. The minimum atomic E-state index is -0.160. The summed E-state index contributed by atoms with van der Waals surface area (Å²) in [5, 5.41) is 5.40. The van der Waals surface area contributed by atoms with E-state index >= 15 is 0 Å². The van der Waals surface area contributed by atoms with Crippen molar-refractivity contribution in [3.8, 4) is 11.1 Å². The second-order valence-corrected chi connectivity index (χ2v) is 13.2. The zero-order valence-corrected chi connectivity index (χ0v) is 24.9. The molecule has 202 valence electrons. The molecule has 0 saturated carbocycles. The number of hydrogen-bond donors (Lipinski definition) is 0. The van der Waals surface area contributed by atoms with Crippen molar-refractivity contribution >= 4 is 45.0 Å². The van der Waals surface area contributed by atoms with Gasteiger partial charge >= 0.3 is 0 Å². The van der Waals surface area contributed by atoms with Gasteiger partial charge in [0.2, 0.25) is 0 Å². The summed E-state index contributed by atoms with van der Waals surface area (Å²) in [6, 6.07) is 29.5. The molecule has 5 aromatic carbocycles. The molecule has 0 aromatic heterocycles. The van der Waals surface area contributed by atoms with E-state index in [1.807, 2.05) is 0 Å². The summed E-state index contributed by atoms with van der Waals surface area (Å²) in [4.78, 5) is 2.38. The van der Waals surface area contributed by atoms with E-state index in [2.05, 4.69) is 142 Å². The highest BCUT2D eigenvalue weighted by Crippen LogP contribution is 2.54. The van der Waals surface area contributed by atoms with Crippen LogP contribution >= 0.6 is 11.8 Å². The zero-order chi connectivity index (χ0) is 28.4. The molecule has 42 heavy (non-hydrogen) atoms. The van der Waals surface area contributed by atoms with Crippen LogP contribution in [-0.4, -0.2) is 0 Å². The Morgan fingerprint density at radius 1 is 0.690 bits per heavy atom. The average molecular weight is 557 g/mol. The molecular formula is C41H32S. The lowest BCUT2D eigenvalue weighted by Crippen LogP contribution is -2.17. The van der Waals surface area contributed by atoms with Gasteiger partial charge in [0, 0.05) is 15.2 Å². The molecule has 1 heterocycles. The van der Waals surface area contributed by atoms with Crippen molar-refractivity contribution in [1.29, 1.82) is 0 Å². The minimum Gasteiger partial charge on any atom is -0.0898 e. The van der Waals surface area contributed by atoms with E-state index in [-0.39, 0.29) is 5.41 Å². The van der Waals surface area contributed by atoms with Gasteiger partial charge in [-0.3, -0.25) is 0 Å². The second kappa shape index (κ2) is 9.61. The van der Waals surface area contributed by atoms with E-state index in [4.69, 9.17) is 0 Å². The lowest BCUT2D eigenvalue weighted by atomic mass is 9.78. The van der Waals surface area contributed by atoms with Crippen LogP contribution in [-0.2, 0) is 18.3 Å². The molecule has 0 radical (unpaired) electrons. The Kier molecular flexibility index (Phi) is 5.81. The van der Waals surface area contributed by atoms with Crippen molar-refractivity contribution in [3.05, 3.63) is 160 Å². The summed E-state index contributed by atoms with van der Waals surface area (Å²) in [5.41, 5.74) is 12.0. The van der Waals surface area contributed by atoms with Gasteiger partial charge in [0.05, 0.1) is 0 Å². The van der Waals surface area contributed by atoms with E-state index < -0.39 is 0 Å². The van der Waals surface area contributed by atoms with Gasteiger partial charge in [-0.05, 0) is 103 Å². The SMILES string of the molecule is C=C1Sc2ccccc2C/C=C\C=C1c1cccc2c1C(C)(C)c1cc3c(cc1-2)c1c(c2ccccc23)CC=CC=C1. The summed E-state index contributed by atoms with van der Waals surface area (Å²) in [6.07, 6.45) is 17.6. The summed E-state index contributed by atoms with van der Waals surface area (Å²) in [6.45, 7) is 9.42. The Morgan fingerprint density at radius 2 is 1.48 bits per heavy atom. The Balaban J connectivity index is 1.36. The highest BCUT2D eigenvalue weighted by molar-refractivity contribution is 8.03. The maximum Gasteiger partial charge on any atom is 0.0165 e. The maximum atomic E-state index is 4.62. The van der Waals surface area contributed by atoms with Crippen LogP contribution in [0.2, 0.25) is 0 Å². The second-order valence-electron chi connectivity index (χ2n) is 12.1. The van der Waals surface area contributed by atoms with E-state index in [0.29, 0.717) is 0 Å². The van der Waals surface area contributed by atoms with Gasteiger partial charge in [-0.2, -0.15) is 0 Å². The van der Waals surface area contributed by atoms with Crippen LogP contribution in [0.1, 0.15) is 47.2 Å². The molecule has 1 heteroatoms. The number of fused-ring (bicyclic) bond motifs is 10. The molecule has 1 aliphatic heterocycles. The molecular weight excluding hydrogens is 525 g/mol. The van der Waals surface area contributed by atoms with Gasteiger partial charge in [0.25, 0.3) is 0 Å². The predicted molar refractivity (Wildman–Crippen MR) is 183 cm³/mol. The summed E-state index contributed by atoms with van der Waals surface area (Å²) in [7, 11) is 0. The predicted octanol–water partition coefficient (Wildman–Crippen LogP) is 11.2. The van der Waals surface area contributed by atoms with E-state index in [1.54, 1.807) is 11.8 Å². The highest BCUT2D eigenvalue weighted by Gasteiger charge is 2.38. The average Bonchev–Trinajstić information content (AvgIpc) is 3.12. The van der Waals surface area contributed by atoms with Crippen LogP contribution in [0, 0.1) is 0 Å². The van der Waals surface area contributed by atoms with Crippen LogP contribution in [0.15, 0.2) is 132 Å². The molecule has 0 bridgehead atoms. The third-order valence-corrected chi connectivity index (χ3v) is 10.4. The summed E-state index contributed by atoms with van der Waals surface area (Å²) < 4.78 is 0. The number of thioether (sulfide) groups is 1. The molecule has 3 aliphatic rings. The third kappa shape index (κ3) is 3.77. The van der Waals surface area contributed by atoms with Gasteiger partial charge in [0.1, 0.15) is 0 Å². The zero-order valence-electron chi connectivity index (χ0n) is 24.1. The van der Waals surface area contributed by atoms with Crippen molar-refractivity contribution in [2.24, 2.45) is 0 Å². The van der Waals surface area contributed by atoms with Crippen LogP contribution in [0.25, 0.3) is 44.3 Å². The molecule has 0 nitrogen and oxygen atoms in total. The van der Waals surface area contributed by atoms with Crippen molar-refractivity contribution < 1.29 is 0 Å². The van der Waals surface area contributed by atoms with Crippen LogP contribution in [0.5, 0.6) is 0 Å². The summed E-state index contributed by atoms with van der Waals surface area (Å²) >= 11 is 1.80. The van der Waals surface area contributed by atoms with Crippen molar-refractivity contribution in [3.63, 3.8) is 0 Å². The van der Waals surface area contributed by atoms with Crippen LogP contribution in [0.3, 0.4) is 0 Å². The topological polar surface area (TPSA) is 0 Å². The fourth-order valence-electron chi connectivity index (χ4n) is 7.36. The molecule has 0 atom stereocenters. The van der Waals surface area contributed by atoms with Crippen LogP contribution in [0.4, 0.5) is 0 Å². The molecule has 0 amide bonds. The fraction of sp³-hybridized carbons (Fsp3) is 0.122. The molecule has 0 fully saturated rings. The maximum absolute atomic E-state index is 4.62. The van der Waals surface area contributed by atoms with Crippen molar-refractivity contribution in [2.75, 3.05) is 0 Å². The lowest BCUT2D eigenvalue weighted by Gasteiger charge is -2.26. The van der Waals surface area contributed by atoms with Crippen LogP contribution < -0.4 is 0 Å². The minimum absolute atomic E-state index is 0.160. The smallest absolute Gasteiger partial charge is 0.0165 e. The number of benzene rings is 5. The lowest BCUT2D eigenvalue weighted by molar-refractivity contribution is 0.659. The van der Waals surface area contributed by atoms with Gasteiger partial charge in [0.15, 0.2) is 0 Å². The van der Waals surface area contributed by atoms with Gasteiger partial charge in [-0.25, -0.2) is 0 Å². The number of rotatable bonds is 1. The van der Waals surface area contributed by atoms with Crippen molar-refractivity contribution in [2.45, 2.75) is 37.0 Å². The number of allylic oxidation sites excluding steroid dienone is 7. The first-order valence-electron chi connectivity index (χ1n) is 14.8. The normalized spacial score (nSPS) is 17.4. The quantitative estimate of drug-likeness (QED) is 0.185. The van der Waals surface area contributed by atoms with Gasteiger partial charge in [-0.15, -0.1) is 0 Å². The molecule has 0 unspecified atom stereocenters. The Labute approximate surface area is 252 Å². The number of hydrogen-bond acceptors (Lipinski definition) is 1. The summed E-state index contributed by atoms with van der Waals surface area (Å²) in [5.74, 6) is 0. The first-order chi connectivity index (χ1) is 20.5. The highest BCUT2D eigenvalue weighted by atomic mass is 32.2. The Bertz CT molecular complexity index is 2090. The molecule has 2 aliphatic carbocycles. The van der Waals surface area contributed by atoms with Crippen molar-refractivity contribution in [1.82, 2.24) is 0 Å². The van der Waals surface area contributed by atoms with E-state index in [1.165, 1.54) is 76.5 Å². The molecule has 5 aromatic rings. The largest absolute Gasteiger partial charge is 0.0898 e. The monoisotopic (exact) mass is 556 g/mol. The Hall–Kier alpha value is -4.33. The fourth-order valence-corrected chi connectivity index (χ4v) is 8.34. The molecule has 0 spiro atoms. The molecule has 0 saturated heterocycles. The first kappa shape index (κ1) is 25.4. The first-order valence-corrected chi connectivity index (χ1v) is 15.6. The van der Waals surface area contributed by atoms with Gasteiger partial charge in [-0.1, -0.05) is 135 Å². The standard InChI is InChI=1S/C41H32S/c1-26-28(16-9-7-14-27-15-8-12-23-39(27)42-26)33-21-13-22-34-37-24-35-31-18-6-4-5-17-29(31)30-19-10-11-20-32(30)36(35)25-38(37)41(2,3)40(33)34/h4-13,15-16,18-25H,1,14,17H2,2-3H3/b9-7-,28-16?. The van der Waals surface area contributed by atoms with E-state index in [0.717, 1.165) is 17.7 Å². The molecule has 0 N–H and O–H groups in total. The van der Waals surface area contributed by atoms with Gasteiger partial charge < -0.3 is 0 Å². The molecule has 8 rings (SSSR count). The van der Waals surface area contributed by atoms with E-state index in [9.17, 15) is 0 Å².